The number of Topliss-reactive ketones (excluding diaryl/α,β-unsaturated/α-hetero) is 1. The lowest BCUT2D eigenvalue weighted by molar-refractivity contribution is -0.121. The molecule has 1 aromatic heterocycles. The molecule has 2 amide bonds. The standard InChI is InChI=1S/C27H27N3O6/c1-2-18-5-8-20(9-6-18)34-16-23(31)19-7-10-24-22(13-19)30(26(32)17-35-24)14-25-28-21(15-36-25)27(33)29-11-3-4-12-29/h5-10,13,15H,2-4,11-12,14,16-17H2,1H3. The minimum atomic E-state index is -0.301. The van der Waals surface area contributed by atoms with Crippen LogP contribution in [0.15, 0.2) is 53.1 Å². The topological polar surface area (TPSA) is 102 Å². The monoisotopic (exact) mass is 489 g/mol. The maximum Gasteiger partial charge on any atom is 0.275 e. The summed E-state index contributed by atoms with van der Waals surface area (Å²) in [4.78, 5) is 45.6. The van der Waals surface area contributed by atoms with Crippen LogP contribution in [0.2, 0.25) is 0 Å². The van der Waals surface area contributed by atoms with Gasteiger partial charge in [-0.2, -0.15) is 0 Å². The van der Waals surface area contributed by atoms with Crippen LogP contribution in [0.4, 0.5) is 5.69 Å². The number of benzene rings is 2. The average molecular weight is 490 g/mol. The number of anilines is 1. The van der Waals surface area contributed by atoms with Gasteiger partial charge in [0.25, 0.3) is 11.8 Å². The largest absolute Gasteiger partial charge is 0.485 e. The van der Waals surface area contributed by atoms with Gasteiger partial charge in [-0.05, 0) is 55.2 Å². The molecule has 0 radical (unpaired) electrons. The van der Waals surface area contributed by atoms with Crippen molar-refractivity contribution in [3.8, 4) is 11.5 Å². The summed E-state index contributed by atoms with van der Waals surface area (Å²) in [7, 11) is 0. The summed E-state index contributed by atoms with van der Waals surface area (Å²) in [5, 5.41) is 0. The van der Waals surface area contributed by atoms with Gasteiger partial charge in [-0.15, -0.1) is 0 Å². The van der Waals surface area contributed by atoms with Gasteiger partial charge in [0.2, 0.25) is 5.89 Å². The number of hydrogen-bond donors (Lipinski definition) is 0. The van der Waals surface area contributed by atoms with Crippen molar-refractivity contribution >= 4 is 23.3 Å². The molecule has 0 spiro atoms. The quantitative estimate of drug-likeness (QED) is 0.445. The highest BCUT2D eigenvalue weighted by Gasteiger charge is 2.29. The Morgan fingerprint density at radius 3 is 2.61 bits per heavy atom. The minimum absolute atomic E-state index is 0.0143. The summed E-state index contributed by atoms with van der Waals surface area (Å²) < 4.78 is 16.7. The Labute approximate surface area is 208 Å². The van der Waals surface area contributed by atoms with Crippen LogP contribution in [0.5, 0.6) is 11.5 Å². The number of nitrogens with zero attached hydrogens (tertiary/aromatic N) is 3. The third-order valence-electron chi connectivity index (χ3n) is 6.38. The average Bonchev–Trinajstić information content (AvgIpc) is 3.61. The van der Waals surface area contributed by atoms with Crippen LogP contribution >= 0.6 is 0 Å². The molecule has 9 heteroatoms. The van der Waals surface area contributed by atoms with Crippen molar-refractivity contribution < 1.29 is 28.3 Å². The van der Waals surface area contributed by atoms with E-state index < -0.39 is 0 Å². The molecule has 9 nitrogen and oxygen atoms in total. The van der Waals surface area contributed by atoms with E-state index in [-0.39, 0.29) is 48.9 Å². The lowest BCUT2D eigenvalue weighted by Gasteiger charge is -2.28. The lowest BCUT2D eigenvalue weighted by Crippen LogP contribution is -2.38. The minimum Gasteiger partial charge on any atom is -0.485 e. The van der Waals surface area contributed by atoms with E-state index in [4.69, 9.17) is 13.9 Å². The highest BCUT2D eigenvalue weighted by molar-refractivity contribution is 6.02. The van der Waals surface area contributed by atoms with Crippen LogP contribution in [0.25, 0.3) is 0 Å². The van der Waals surface area contributed by atoms with E-state index in [1.54, 1.807) is 23.1 Å². The van der Waals surface area contributed by atoms with Gasteiger partial charge in [0, 0.05) is 18.7 Å². The summed E-state index contributed by atoms with van der Waals surface area (Å²) in [5.41, 5.74) is 2.24. The zero-order valence-corrected chi connectivity index (χ0v) is 20.1. The van der Waals surface area contributed by atoms with E-state index in [0.29, 0.717) is 35.8 Å². The van der Waals surface area contributed by atoms with E-state index in [0.717, 1.165) is 19.3 Å². The number of hydrogen-bond acceptors (Lipinski definition) is 7. The molecule has 1 saturated heterocycles. The number of rotatable bonds is 8. The highest BCUT2D eigenvalue weighted by atomic mass is 16.5. The third-order valence-corrected chi connectivity index (χ3v) is 6.38. The van der Waals surface area contributed by atoms with Gasteiger partial charge >= 0.3 is 0 Å². The summed E-state index contributed by atoms with van der Waals surface area (Å²) in [5.74, 6) is 0.613. The van der Waals surface area contributed by atoms with Crippen LogP contribution in [0.3, 0.4) is 0 Å². The molecule has 2 aliphatic rings. The number of fused-ring (bicyclic) bond motifs is 1. The molecule has 1 fully saturated rings. The first kappa shape index (κ1) is 23.6. The number of aromatic nitrogens is 1. The lowest BCUT2D eigenvalue weighted by atomic mass is 10.1. The summed E-state index contributed by atoms with van der Waals surface area (Å²) in [6.45, 7) is 3.22. The molecule has 0 bridgehead atoms. The van der Waals surface area contributed by atoms with E-state index in [1.807, 2.05) is 24.3 Å². The second-order valence-corrected chi connectivity index (χ2v) is 8.79. The number of ketones is 1. The number of carbonyl (C=O) groups excluding carboxylic acids is 3. The molecule has 0 atom stereocenters. The van der Waals surface area contributed by atoms with Crippen LogP contribution < -0.4 is 14.4 Å². The predicted octanol–water partition coefficient (Wildman–Crippen LogP) is 3.66. The molecular formula is C27H27N3O6. The zero-order chi connectivity index (χ0) is 25.1. The molecule has 3 heterocycles. The number of carbonyl (C=O) groups is 3. The fourth-order valence-electron chi connectivity index (χ4n) is 4.30. The van der Waals surface area contributed by atoms with Crippen LogP contribution in [0, 0.1) is 0 Å². The van der Waals surface area contributed by atoms with Crippen molar-refractivity contribution in [1.29, 1.82) is 0 Å². The molecule has 186 valence electrons. The van der Waals surface area contributed by atoms with Crippen LogP contribution in [-0.4, -0.2) is 53.8 Å². The van der Waals surface area contributed by atoms with Crippen molar-refractivity contribution in [2.45, 2.75) is 32.7 Å². The zero-order valence-electron chi connectivity index (χ0n) is 20.1. The van der Waals surface area contributed by atoms with Crippen molar-refractivity contribution in [3.05, 3.63) is 71.4 Å². The molecule has 0 saturated carbocycles. The van der Waals surface area contributed by atoms with Gasteiger partial charge in [0.1, 0.15) is 24.3 Å². The first-order valence-corrected chi connectivity index (χ1v) is 12.1. The summed E-state index contributed by atoms with van der Waals surface area (Å²) in [6.07, 6.45) is 4.21. The number of ether oxygens (including phenoxy) is 2. The van der Waals surface area contributed by atoms with Crippen molar-refractivity contribution in [2.24, 2.45) is 0 Å². The van der Waals surface area contributed by atoms with E-state index >= 15 is 0 Å². The van der Waals surface area contributed by atoms with E-state index in [2.05, 4.69) is 11.9 Å². The molecule has 36 heavy (non-hydrogen) atoms. The van der Waals surface area contributed by atoms with Crippen molar-refractivity contribution in [1.82, 2.24) is 9.88 Å². The smallest absolute Gasteiger partial charge is 0.275 e. The highest BCUT2D eigenvalue weighted by Crippen LogP contribution is 2.34. The molecule has 2 aliphatic heterocycles. The molecular weight excluding hydrogens is 462 g/mol. The Balaban J connectivity index is 1.30. The number of oxazole rings is 1. The Morgan fingerprint density at radius 2 is 1.86 bits per heavy atom. The van der Waals surface area contributed by atoms with Gasteiger partial charge in [-0.3, -0.25) is 19.3 Å². The van der Waals surface area contributed by atoms with Gasteiger partial charge in [0.15, 0.2) is 24.7 Å². The number of amides is 2. The molecule has 2 aromatic carbocycles. The number of likely N-dealkylation sites (tertiary alicyclic amines) is 1. The molecule has 5 rings (SSSR count). The van der Waals surface area contributed by atoms with Crippen molar-refractivity contribution in [3.63, 3.8) is 0 Å². The molecule has 3 aromatic rings. The number of aryl methyl sites for hydroxylation is 1. The van der Waals surface area contributed by atoms with Crippen LogP contribution in [-0.2, 0) is 17.8 Å². The third kappa shape index (κ3) is 4.95. The van der Waals surface area contributed by atoms with Gasteiger partial charge in [-0.25, -0.2) is 4.98 Å². The van der Waals surface area contributed by atoms with Gasteiger partial charge in [0.05, 0.1) is 5.69 Å². The fourth-order valence-corrected chi connectivity index (χ4v) is 4.30. The maximum atomic E-state index is 12.8. The Hall–Kier alpha value is -4.14. The second kappa shape index (κ2) is 10.2. The maximum absolute atomic E-state index is 12.8. The molecule has 0 N–H and O–H groups in total. The first-order valence-electron chi connectivity index (χ1n) is 12.1. The van der Waals surface area contributed by atoms with E-state index in [9.17, 15) is 14.4 Å². The predicted molar refractivity (Wildman–Crippen MR) is 130 cm³/mol. The van der Waals surface area contributed by atoms with Gasteiger partial charge < -0.3 is 18.8 Å². The Morgan fingerprint density at radius 1 is 1.08 bits per heavy atom. The second-order valence-electron chi connectivity index (χ2n) is 8.79. The Kier molecular flexibility index (Phi) is 6.71. The fraction of sp³-hybridized carbons (Fsp3) is 0.333. The normalized spacial score (nSPS) is 15.0. The van der Waals surface area contributed by atoms with E-state index in [1.165, 1.54) is 16.7 Å². The first-order chi connectivity index (χ1) is 17.5. The van der Waals surface area contributed by atoms with Crippen molar-refractivity contribution in [2.75, 3.05) is 31.2 Å². The Bertz CT molecular complexity index is 1280. The van der Waals surface area contributed by atoms with Gasteiger partial charge in [-0.1, -0.05) is 19.1 Å². The van der Waals surface area contributed by atoms with Crippen LogP contribution in [0.1, 0.15) is 52.1 Å². The summed E-state index contributed by atoms with van der Waals surface area (Å²) >= 11 is 0. The molecule has 0 aliphatic carbocycles. The summed E-state index contributed by atoms with van der Waals surface area (Å²) in [6, 6.07) is 12.5. The SMILES string of the molecule is CCc1ccc(OCC(=O)c2ccc3c(c2)N(Cc2nc(C(=O)N4CCCC4)co2)C(=O)CO3)cc1. The molecule has 0 unspecified atom stereocenters.